The molecule has 0 aromatic carbocycles. The van der Waals surface area contributed by atoms with Crippen LogP contribution in [0.4, 0.5) is 0 Å². The number of nitrogens with zero attached hydrogens (tertiary/aromatic N) is 1. The molecule has 1 atom stereocenters. The summed E-state index contributed by atoms with van der Waals surface area (Å²) in [5.74, 6) is 0. The molecule has 1 aliphatic heterocycles. The van der Waals surface area contributed by atoms with E-state index in [-0.39, 0.29) is 12.4 Å². The summed E-state index contributed by atoms with van der Waals surface area (Å²) in [6.45, 7) is 5.40. The van der Waals surface area contributed by atoms with E-state index in [1.165, 1.54) is 14.2 Å². The van der Waals surface area contributed by atoms with E-state index >= 15 is 0 Å². The van der Waals surface area contributed by atoms with Crippen molar-refractivity contribution >= 4 is 39.7 Å². The van der Waals surface area contributed by atoms with Crippen LogP contribution in [0.5, 0.6) is 0 Å². The van der Waals surface area contributed by atoms with Crippen LogP contribution in [-0.2, 0) is 6.54 Å². The Morgan fingerprint density at radius 1 is 1.67 bits per heavy atom. The monoisotopic (exact) mass is 310 g/mol. The molecule has 0 spiro atoms. The summed E-state index contributed by atoms with van der Waals surface area (Å²) in [5.41, 5.74) is 7.21. The summed E-state index contributed by atoms with van der Waals surface area (Å²) in [6.07, 6.45) is 1.14. The quantitative estimate of drug-likeness (QED) is 0.910. The molecule has 0 aliphatic carbocycles. The summed E-state index contributed by atoms with van der Waals surface area (Å²) in [4.78, 5) is 3.87. The van der Waals surface area contributed by atoms with E-state index in [2.05, 4.69) is 33.8 Å². The second-order valence-electron chi connectivity index (χ2n) is 3.95. The SMILES string of the molecule is Cc1cc(CN2CC[C@@H](N)C2)sc1Br.Cl. The number of aryl methyl sites for hydroxylation is 1. The van der Waals surface area contributed by atoms with Gasteiger partial charge in [-0.3, -0.25) is 4.90 Å². The molecule has 1 fully saturated rings. The van der Waals surface area contributed by atoms with Crippen molar-refractivity contribution in [3.05, 3.63) is 20.3 Å². The number of halogens is 2. The minimum absolute atomic E-state index is 0. The number of thiophene rings is 1. The van der Waals surface area contributed by atoms with Gasteiger partial charge in [-0.15, -0.1) is 23.7 Å². The first-order valence-corrected chi connectivity index (χ1v) is 6.49. The third-order valence-electron chi connectivity index (χ3n) is 2.60. The van der Waals surface area contributed by atoms with Crippen molar-refractivity contribution in [1.29, 1.82) is 0 Å². The van der Waals surface area contributed by atoms with Crippen LogP contribution in [0, 0.1) is 6.92 Å². The van der Waals surface area contributed by atoms with Gasteiger partial charge >= 0.3 is 0 Å². The minimum Gasteiger partial charge on any atom is -0.326 e. The number of nitrogens with two attached hydrogens (primary N) is 1. The van der Waals surface area contributed by atoms with Crippen LogP contribution < -0.4 is 5.73 Å². The standard InChI is InChI=1S/C10H15BrN2S.ClH/c1-7-4-9(14-10(7)11)6-13-3-2-8(12)5-13;/h4,8H,2-3,5-6,12H2,1H3;1H/t8-;/m1./s1. The fourth-order valence-corrected chi connectivity index (χ4v) is 3.50. The molecular weight excluding hydrogens is 296 g/mol. The normalized spacial score (nSPS) is 21.7. The topological polar surface area (TPSA) is 29.3 Å². The highest BCUT2D eigenvalue weighted by molar-refractivity contribution is 9.11. The van der Waals surface area contributed by atoms with Crippen LogP contribution in [-0.4, -0.2) is 24.0 Å². The summed E-state index contributed by atoms with van der Waals surface area (Å²) in [7, 11) is 0. The molecule has 0 unspecified atom stereocenters. The average molecular weight is 312 g/mol. The zero-order valence-corrected chi connectivity index (χ0v) is 11.9. The lowest BCUT2D eigenvalue weighted by atomic mass is 10.3. The molecule has 0 amide bonds. The largest absolute Gasteiger partial charge is 0.326 e. The highest BCUT2D eigenvalue weighted by Crippen LogP contribution is 2.28. The highest BCUT2D eigenvalue weighted by atomic mass is 79.9. The first-order valence-electron chi connectivity index (χ1n) is 4.88. The molecule has 15 heavy (non-hydrogen) atoms. The second kappa shape index (κ2) is 5.64. The lowest BCUT2D eigenvalue weighted by Gasteiger charge is -2.13. The van der Waals surface area contributed by atoms with Crippen molar-refractivity contribution in [1.82, 2.24) is 4.90 Å². The van der Waals surface area contributed by atoms with Crippen molar-refractivity contribution in [2.45, 2.75) is 25.9 Å². The van der Waals surface area contributed by atoms with Crippen molar-refractivity contribution < 1.29 is 0 Å². The van der Waals surface area contributed by atoms with Gasteiger partial charge in [0.1, 0.15) is 0 Å². The summed E-state index contributed by atoms with van der Waals surface area (Å²) in [6, 6.07) is 2.65. The van der Waals surface area contributed by atoms with E-state index < -0.39 is 0 Å². The Balaban J connectivity index is 0.00000112. The number of hydrogen-bond acceptors (Lipinski definition) is 3. The summed E-state index contributed by atoms with van der Waals surface area (Å²) >= 11 is 5.39. The smallest absolute Gasteiger partial charge is 0.0730 e. The summed E-state index contributed by atoms with van der Waals surface area (Å²) in [5, 5.41) is 0. The lowest BCUT2D eigenvalue weighted by Crippen LogP contribution is -2.25. The van der Waals surface area contributed by atoms with Crippen molar-refractivity contribution in [2.24, 2.45) is 5.73 Å². The lowest BCUT2D eigenvalue weighted by molar-refractivity contribution is 0.330. The Kier molecular flexibility index (Phi) is 5.06. The van der Waals surface area contributed by atoms with Gasteiger partial charge in [0, 0.05) is 30.6 Å². The van der Waals surface area contributed by atoms with Crippen LogP contribution in [0.15, 0.2) is 9.85 Å². The minimum atomic E-state index is 0. The van der Waals surface area contributed by atoms with E-state index in [0.29, 0.717) is 6.04 Å². The molecule has 1 aromatic heterocycles. The van der Waals surface area contributed by atoms with Crippen LogP contribution in [0.1, 0.15) is 16.9 Å². The molecular formula is C10H16BrClN2S. The Morgan fingerprint density at radius 2 is 2.40 bits per heavy atom. The number of hydrogen-bond donors (Lipinski definition) is 1. The maximum absolute atomic E-state index is 5.87. The van der Waals surface area contributed by atoms with Crippen LogP contribution in [0.25, 0.3) is 0 Å². The van der Waals surface area contributed by atoms with Crippen LogP contribution >= 0.6 is 39.7 Å². The highest BCUT2D eigenvalue weighted by Gasteiger charge is 2.19. The Bertz CT molecular complexity index is 310. The fraction of sp³-hybridized carbons (Fsp3) is 0.600. The molecule has 1 aromatic rings. The van der Waals surface area contributed by atoms with Gasteiger partial charge in [0.25, 0.3) is 0 Å². The summed E-state index contributed by atoms with van der Waals surface area (Å²) < 4.78 is 1.26. The Hall–Kier alpha value is 0.390. The van der Waals surface area contributed by atoms with E-state index in [9.17, 15) is 0 Å². The number of likely N-dealkylation sites (tertiary alicyclic amines) is 1. The molecule has 5 heteroatoms. The predicted octanol–water partition coefficient (Wildman–Crippen LogP) is 2.77. The third-order valence-corrected chi connectivity index (χ3v) is 4.72. The number of rotatable bonds is 2. The first-order chi connectivity index (χ1) is 6.65. The third kappa shape index (κ3) is 3.43. The maximum atomic E-state index is 5.87. The van der Waals surface area contributed by atoms with Crippen molar-refractivity contribution in [3.63, 3.8) is 0 Å². The molecule has 0 bridgehead atoms. The van der Waals surface area contributed by atoms with Gasteiger partial charge in [-0.2, -0.15) is 0 Å². The molecule has 2 rings (SSSR count). The zero-order chi connectivity index (χ0) is 10.1. The van der Waals surface area contributed by atoms with Crippen molar-refractivity contribution in [2.75, 3.05) is 13.1 Å². The molecule has 2 N–H and O–H groups in total. The molecule has 2 heterocycles. The fourth-order valence-electron chi connectivity index (χ4n) is 1.83. The van der Waals surface area contributed by atoms with Gasteiger partial charge < -0.3 is 5.73 Å². The van der Waals surface area contributed by atoms with Gasteiger partial charge in [0.15, 0.2) is 0 Å². The average Bonchev–Trinajstić information content (AvgIpc) is 2.62. The van der Waals surface area contributed by atoms with E-state index in [1.807, 2.05) is 11.3 Å². The van der Waals surface area contributed by atoms with E-state index in [0.717, 1.165) is 26.1 Å². The van der Waals surface area contributed by atoms with Gasteiger partial charge in [0.2, 0.25) is 0 Å². The van der Waals surface area contributed by atoms with Gasteiger partial charge in [0.05, 0.1) is 3.79 Å². The molecule has 1 aliphatic rings. The first kappa shape index (κ1) is 13.5. The zero-order valence-electron chi connectivity index (χ0n) is 8.70. The predicted molar refractivity (Wildman–Crippen MR) is 71.9 cm³/mol. The maximum Gasteiger partial charge on any atom is 0.0730 e. The molecule has 0 saturated carbocycles. The van der Waals surface area contributed by atoms with E-state index in [4.69, 9.17) is 5.73 Å². The van der Waals surface area contributed by atoms with E-state index in [1.54, 1.807) is 0 Å². The Morgan fingerprint density at radius 3 is 2.87 bits per heavy atom. The van der Waals surface area contributed by atoms with Crippen LogP contribution in [0.2, 0.25) is 0 Å². The molecule has 1 saturated heterocycles. The Labute approximate surface area is 109 Å². The van der Waals surface area contributed by atoms with Gasteiger partial charge in [-0.05, 0) is 40.9 Å². The second-order valence-corrected chi connectivity index (χ2v) is 6.41. The van der Waals surface area contributed by atoms with Crippen LogP contribution in [0.3, 0.4) is 0 Å². The van der Waals surface area contributed by atoms with Crippen molar-refractivity contribution in [3.8, 4) is 0 Å². The molecule has 0 radical (unpaired) electrons. The van der Waals surface area contributed by atoms with Gasteiger partial charge in [-0.25, -0.2) is 0 Å². The van der Waals surface area contributed by atoms with Gasteiger partial charge in [-0.1, -0.05) is 0 Å². The molecule has 86 valence electrons. The molecule has 2 nitrogen and oxygen atoms in total.